The topological polar surface area (TPSA) is 138 Å². The first-order valence-corrected chi connectivity index (χ1v) is 5.75. The summed E-state index contributed by atoms with van der Waals surface area (Å²) in [5.74, 6) is -0.505. The molecule has 0 aliphatic heterocycles. The average molecular weight is 300 g/mol. The molecule has 0 saturated carbocycles. The van der Waals surface area contributed by atoms with Crippen molar-refractivity contribution in [2.75, 3.05) is 13.1 Å². The zero-order valence-corrected chi connectivity index (χ0v) is 10.9. The van der Waals surface area contributed by atoms with Crippen LogP contribution in [-0.4, -0.2) is 45.3 Å². The van der Waals surface area contributed by atoms with Gasteiger partial charge < -0.3 is 4.90 Å². The Labute approximate surface area is 118 Å². The van der Waals surface area contributed by atoms with Gasteiger partial charge in [0.25, 0.3) is 22.4 Å². The van der Waals surface area contributed by atoms with Crippen LogP contribution >= 0.6 is 0 Å². The van der Waals surface area contributed by atoms with Crippen LogP contribution in [0.25, 0.3) is 0 Å². The molecular formula is C10H12N4O7. The maximum atomic E-state index is 12.1. The fraction of sp³-hybridized carbons (Fsp3) is 0.400. The number of amides is 1. The molecule has 114 valence electrons. The molecule has 1 rings (SSSR count). The summed E-state index contributed by atoms with van der Waals surface area (Å²) in [7, 11) is 0. The number of nitrogens with zero attached hydrogens (tertiary/aromatic N) is 4. The van der Waals surface area contributed by atoms with Crippen molar-refractivity contribution in [1.29, 1.82) is 0 Å². The molecule has 1 heterocycles. The second-order valence-corrected chi connectivity index (χ2v) is 3.67. The van der Waals surface area contributed by atoms with Gasteiger partial charge in [-0.2, -0.15) is 0 Å². The van der Waals surface area contributed by atoms with E-state index in [-0.39, 0.29) is 12.1 Å². The van der Waals surface area contributed by atoms with Crippen molar-refractivity contribution >= 4 is 5.91 Å². The van der Waals surface area contributed by atoms with Crippen LogP contribution in [0.2, 0.25) is 0 Å². The number of hydrogen-bond acceptors (Lipinski definition) is 8. The van der Waals surface area contributed by atoms with Crippen LogP contribution in [-0.2, 0) is 9.68 Å². The van der Waals surface area contributed by atoms with Crippen LogP contribution in [0, 0.1) is 20.2 Å². The standard InChI is InChI=1S/C10H12N4O7/c1-2-12(10(15)8-4-3-5-11-6-8)7-9(20-13(16)17)21-14(18)19/h3-6,9H,2,7H2,1H3. The zero-order valence-electron chi connectivity index (χ0n) is 10.9. The highest BCUT2D eigenvalue weighted by Crippen LogP contribution is 2.07. The Morgan fingerprint density at radius 3 is 2.43 bits per heavy atom. The average Bonchev–Trinajstić information content (AvgIpc) is 2.43. The van der Waals surface area contributed by atoms with Crippen LogP contribution < -0.4 is 0 Å². The van der Waals surface area contributed by atoms with E-state index in [4.69, 9.17) is 0 Å². The Morgan fingerprint density at radius 2 is 2.00 bits per heavy atom. The van der Waals surface area contributed by atoms with Crippen molar-refractivity contribution in [1.82, 2.24) is 9.88 Å². The van der Waals surface area contributed by atoms with Crippen LogP contribution in [0.4, 0.5) is 0 Å². The third kappa shape index (κ3) is 5.26. The third-order valence-corrected chi connectivity index (χ3v) is 2.35. The number of likely N-dealkylation sites (N-methyl/N-ethyl adjacent to an activating group) is 1. The van der Waals surface area contributed by atoms with Crippen molar-refractivity contribution in [2.45, 2.75) is 13.2 Å². The van der Waals surface area contributed by atoms with Gasteiger partial charge in [0.1, 0.15) is 0 Å². The Kier molecular flexibility index (Phi) is 5.80. The van der Waals surface area contributed by atoms with Crippen molar-refractivity contribution in [3.63, 3.8) is 0 Å². The van der Waals surface area contributed by atoms with Crippen molar-refractivity contribution in [3.8, 4) is 0 Å². The minimum atomic E-state index is -1.82. The minimum Gasteiger partial charge on any atom is -0.335 e. The van der Waals surface area contributed by atoms with E-state index in [9.17, 15) is 25.0 Å². The maximum Gasteiger partial charge on any atom is 0.296 e. The van der Waals surface area contributed by atoms with Gasteiger partial charge in [-0.1, -0.05) is 0 Å². The van der Waals surface area contributed by atoms with Gasteiger partial charge in [-0.15, -0.1) is 20.2 Å². The monoisotopic (exact) mass is 300 g/mol. The molecule has 0 aliphatic carbocycles. The lowest BCUT2D eigenvalue weighted by Crippen LogP contribution is -2.41. The second kappa shape index (κ2) is 7.57. The molecule has 0 atom stereocenters. The lowest BCUT2D eigenvalue weighted by atomic mass is 10.2. The predicted molar refractivity (Wildman–Crippen MR) is 65.8 cm³/mol. The molecule has 0 N–H and O–H groups in total. The maximum absolute atomic E-state index is 12.1. The SMILES string of the molecule is CCN(CC(O[N+](=O)[O-])O[N+](=O)[O-])C(=O)c1cccnc1. The fourth-order valence-corrected chi connectivity index (χ4v) is 1.49. The number of carbonyl (C=O) groups is 1. The van der Waals surface area contributed by atoms with Crippen molar-refractivity contribution in [2.24, 2.45) is 0 Å². The van der Waals surface area contributed by atoms with Crippen LogP contribution in [0.5, 0.6) is 0 Å². The number of carbonyl (C=O) groups excluding carboxylic acids is 1. The number of pyridine rings is 1. The molecule has 0 fully saturated rings. The summed E-state index contributed by atoms with van der Waals surface area (Å²) < 4.78 is 0. The Hall–Kier alpha value is -2.98. The Morgan fingerprint density at radius 1 is 1.38 bits per heavy atom. The first-order chi connectivity index (χ1) is 9.93. The van der Waals surface area contributed by atoms with Gasteiger partial charge in [0, 0.05) is 18.9 Å². The largest absolute Gasteiger partial charge is 0.335 e. The third-order valence-electron chi connectivity index (χ3n) is 2.35. The quantitative estimate of drug-likeness (QED) is 0.379. The second-order valence-electron chi connectivity index (χ2n) is 3.67. The highest BCUT2D eigenvalue weighted by atomic mass is 17.0. The van der Waals surface area contributed by atoms with E-state index in [0.717, 1.165) is 4.90 Å². The lowest BCUT2D eigenvalue weighted by Gasteiger charge is -2.24. The molecule has 0 bridgehead atoms. The molecule has 0 aliphatic rings. The molecule has 0 unspecified atom stereocenters. The number of hydrogen-bond donors (Lipinski definition) is 0. The van der Waals surface area contributed by atoms with Crippen molar-refractivity contribution < 1.29 is 24.6 Å². The van der Waals surface area contributed by atoms with Gasteiger partial charge in [0.05, 0.1) is 12.1 Å². The zero-order chi connectivity index (χ0) is 15.8. The lowest BCUT2D eigenvalue weighted by molar-refractivity contribution is -0.850. The molecule has 0 saturated heterocycles. The summed E-state index contributed by atoms with van der Waals surface area (Å²) in [6.45, 7) is 1.27. The molecule has 1 aromatic heterocycles. The summed E-state index contributed by atoms with van der Waals surface area (Å²) in [4.78, 5) is 45.6. The van der Waals surface area contributed by atoms with Crippen molar-refractivity contribution in [3.05, 3.63) is 50.3 Å². The van der Waals surface area contributed by atoms with E-state index in [1.54, 1.807) is 13.0 Å². The summed E-state index contributed by atoms with van der Waals surface area (Å²) in [6.07, 6.45) is 0.958. The van der Waals surface area contributed by atoms with E-state index < -0.39 is 28.9 Å². The molecular weight excluding hydrogens is 288 g/mol. The molecule has 0 aromatic carbocycles. The molecule has 1 amide bonds. The summed E-state index contributed by atoms with van der Waals surface area (Å²) in [5, 5.41) is 18.1. The summed E-state index contributed by atoms with van der Waals surface area (Å²) in [5.41, 5.74) is 0.236. The van der Waals surface area contributed by atoms with Crippen LogP contribution in [0.1, 0.15) is 17.3 Å². The highest BCUT2D eigenvalue weighted by Gasteiger charge is 2.24. The highest BCUT2D eigenvalue weighted by molar-refractivity contribution is 5.93. The van der Waals surface area contributed by atoms with Gasteiger partial charge >= 0.3 is 0 Å². The number of aromatic nitrogens is 1. The normalized spacial score (nSPS) is 10.0. The van der Waals surface area contributed by atoms with E-state index in [2.05, 4.69) is 14.7 Å². The number of rotatable bonds is 8. The first-order valence-electron chi connectivity index (χ1n) is 5.75. The van der Waals surface area contributed by atoms with Gasteiger partial charge in [-0.05, 0) is 19.1 Å². The predicted octanol–water partition coefficient (Wildman–Crippen LogP) is 0.286. The van der Waals surface area contributed by atoms with Gasteiger partial charge in [0.2, 0.25) is 0 Å². The van der Waals surface area contributed by atoms with Gasteiger partial charge in [-0.3, -0.25) is 19.5 Å². The van der Waals surface area contributed by atoms with Crippen LogP contribution in [0.3, 0.4) is 0 Å². The molecule has 0 spiro atoms. The molecule has 11 nitrogen and oxygen atoms in total. The van der Waals surface area contributed by atoms with E-state index in [0.29, 0.717) is 0 Å². The van der Waals surface area contributed by atoms with Crippen LogP contribution in [0.15, 0.2) is 24.5 Å². The Balaban J connectivity index is 2.80. The fourth-order valence-electron chi connectivity index (χ4n) is 1.49. The molecule has 11 heteroatoms. The van der Waals surface area contributed by atoms with Gasteiger partial charge in [-0.25, -0.2) is 0 Å². The molecule has 21 heavy (non-hydrogen) atoms. The molecule has 0 radical (unpaired) electrons. The first kappa shape index (κ1) is 16.1. The smallest absolute Gasteiger partial charge is 0.296 e. The summed E-state index contributed by atoms with van der Waals surface area (Å²) >= 11 is 0. The minimum absolute atomic E-state index is 0.145. The van der Waals surface area contributed by atoms with E-state index in [1.165, 1.54) is 18.5 Å². The van der Waals surface area contributed by atoms with E-state index >= 15 is 0 Å². The van der Waals surface area contributed by atoms with Gasteiger partial charge in [0.15, 0.2) is 0 Å². The molecule has 1 aromatic rings. The Bertz CT molecular complexity index is 493. The van der Waals surface area contributed by atoms with E-state index in [1.807, 2.05) is 0 Å². The summed E-state index contributed by atoms with van der Waals surface area (Å²) in [6, 6.07) is 3.04.